The first-order chi connectivity index (χ1) is 14.9. The van der Waals surface area contributed by atoms with Gasteiger partial charge in [0.05, 0.1) is 31.2 Å². The molecule has 3 N–H and O–H groups in total. The molecule has 2 fully saturated rings. The van der Waals surface area contributed by atoms with Crippen LogP contribution >= 0.6 is 0 Å². The van der Waals surface area contributed by atoms with Gasteiger partial charge in [-0.2, -0.15) is 10.4 Å². The number of nitrogens with two attached hydrogens (primary N) is 1. The highest BCUT2D eigenvalue weighted by Gasteiger charge is 2.36. The van der Waals surface area contributed by atoms with Crippen molar-refractivity contribution in [2.24, 2.45) is 11.7 Å². The van der Waals surface area contributed by atoms with Crippen molar-refractivity contribution in [3.63, 3.8) is 0 Å². The van der Waals surface area contributed by atoms with E-state index in [1.165, 1.54) is 40.0 Å². The third kappa shape index (κ3) is 4.44. The molecule has 2 aliphatic rings. The highest BCUT2D eigenvalue weighted by atomic mass is 19.1. The van der Waals surface area contributed by atoms with Gasteiger partial charge in [0.15, 0.2) is 11.9 Å². The van der Waals surface area contributed by atoms with E-state index in [0.29, 0.717) is 31.9 Å². The smallest absolute Gasteiger partial charge is 0.410 e. The number of aromatic nitrogens is 2. The lowest BCUT2D eigenvalue weighted by Gasteiger charge is -2.36. The van der Waals surface area contributed by atoms with Crippen LogP contribution < -0.4 is 11.1 Å². The van der Waals surface area contributed by atoms with Gasteiger partial charge in [-0.15, -0.1) is 0 Å². The Labute approximate surface area is 177 Å². The second-order valence-electron chi connectivity index (χ2n) is 7.45. The molecule has 31 heavy (non-hydrogen) atoms. The Morgan fingerprint density at radius 2 is 2.06 bits per heavy atom. The summed E-state index contributed by atoms with van der Waals surface area (Å²) in [6.45, 7) is 1.33. The summed E-state index contributed by atoms with van der Waals surface area (Å²) in [5, 5.41) is 17.0. The van der Waals surface area contributed by atoms with E-state index >= 15 is 0 Å². The van der Waals surface area contributed by atoms with E-state index < -0.39 is 29.8 Å². The number of rotatable bonds is 5. The lowest BCUT2D eigenvalue weighted by molar-refractivity contribution is -0.106. The van der Waals surface area contributed by atoms with Gasteiger partial charge in [-0.3, -0.25) is 9.48 Å². The molecule has 0 bridgehead atoms. The number of benzene rings is 1. The molecule has 2 unspecified atom stereocenters. The van der Waals surface area contributed by atoms with Crippen molar-refractivity contribution in [3.05, 3.63) is 41.8 Å². The van der Waals surface area contributed by atoms with Crippen LogP contribution in [0.1, 0.15) is 22.8 Å². The van der Waals surface area contributed by atoms with Gasteiger partial charge >= 0.3 is 6.09 Å². The molecule has 0 saturated carbocycles. The quantitative estimate of drug-likeness (QED) is 0.741. The number of amides is 2. The van der Waals surface area contributed by atoms with Crippen molar-refractivity contribution in [3.8, 4) is 6.07 Å². The number of ether oxygens (including phenoxy) is 2. The molecule has 11 heteroatoms. The number of nitriles is 1. The predicted octanol–water partition coefficient (Wildman–Crippen LogP) is 1.79. The fraction of sp³-hybridized carbons (Fsp3) is 0.400. The highest BCUT2D eigenvalue weighted by molar-refractivity contribution is 5.98. The monoisotopic (exact) mass is 428 g/mol. The summed E-state index contributed by atoms with van der Waals surface area (Å²) in [7, 11) is 0. The Hall–Kier alpha value is -3.65. The standard InChI is InChI=1S/C20H21FN6O4/c21-13-1-3-14(4-2-13)24-19-16(18(23)28)8-27(25-19)17-9-26(6-5-12(17)7-22)20(29)31-15-10-30-11-15/h1-4,8,12,15,17H,5-6,9-11H2,(H2,23,28)(H,24,25). The zero-order chi connectivity index (χ0) is 22.0. The average Bonchev–Trinajstić information content (AvgIpc) is 3.15. The maximum absolute atomic E-state index is 13.2. The van der Waals surface area contributed by atoms with Gasteiger partial charge in [-0.1, -0.05) is 0 Å². The molecule has 1 aromatic carbocycles. The number of hydrogen-bond acceptors (Lipinski definition) is 7. The van der Waals surface area contributed by atoms with Crippen molar-refractivity contribution >= 4 is 23.5 Å². The van der Waals surface area contributed by atoms with E-state index in [9.17, 15) is 19.2 Å². The van der Waals surface area contributed by atoms with Crippen LogP contribution in [-0.2, 0) is 9.47 Å². The largest absolute Gasteiger partial charge is 0.441 e. The second kappa shape index (κ2) is 8.61. The molecular weight excluding hydrogens is 407 g/mol. The number of piperidine rings is 1. The molecule has 1 aromatic heterocycles. The lowest BCUT2D eigenvalue weighted by Crippen LogP contribution is -2.48. The predicted molar refractivity (Wildman–Crippen MR) is 106 cm³/mol. The van der Waals surface area contributed by atoms with E-state index in [1.807, 2.05) is 0 Å². The first-order valence-corrected chi connectivity index (χ1v) is 9.79. The van der Waals surface area contributed by atoms with Crippen LogP contribution in [-0.4, -0.2) is 59.1 Å². The average molecular weight is 428 g/mol. The van der Waals surface area contributed by atoms with E-state index in [1.54, 1.807) is 0 Å². The van der Waals surface area contributed by atoms with Crippen molar-refractivity contribution in [1.29, 1.82) is 5.26 Å². The SMILES string of the molecule is N#CC1CCN(C(=O)OC2COC2)CC1n1cc(C(N)=O)c(Nc2ccc(F)cc2)n1. The third-order valence-corrected chi connectivity index (χ3v) is 5.33. The van der Waals surface area contributed by atoms with E-state index in [2.05, 4.69) is 16.5 Å². The van der Waals surface area contributed by atoms with Gasteiger partial charge in [-0.05, 0) is 30.7 Å². The number of carbonyl (C=O) groups excluding carboxylic acids is 2. The van der Waals surface area contributed by atoms with E-state index in [4.69, 9.17) is 15.2 Å². The summed E-state index contributed by atoms with van der Waals surface area (Å²) in [5.41, 5.74) is 6.13. The fourth-order valence-corrected chi connectivity index (χ4v) is 3.52. The summed E-state index contributed by atoms with van der Waals surface area (Å²) in [4.78, 5) is 25.9. The molecule has 2 atom stereocenters. The Bertz CT molecular complexity index is 1010. The normalized spacial score (nSPS) is 21.1. The Morgan fingerprint density at radius 1 is 1.32 bits per heavy atom. The number of halogens is 1. The van der Waals surface area contributed by atoms with Crippen LogP contribution in [0.4, 0.5) is 20.7 Å². The molecule has 162 valence electrons. The van der Waals surface area contributed by atoms with Crippen molar-refractivity contribution < 1.29 is 23.5 Å². The van der Waals surface area contributed by atoms with Gasteiger partial charge < -0.3 is 25.4 Å². The zero-order valence-electron chi connectivity index (χ0n) is 16.5. The topological polar surface area (TPSA) is 136 Å². The van der Waals surface area contributed by atoms with Gasteiger partial charge in [-0.25, -0.2) is 9.18 Å². The van der Waals surface area contributed by atoms with Gasteiger partial charge in [0.1, 0.15) is 11.4 Å². The molecule has 2 saturated heterocycles. The first kappa shape index (κ1) is 20.6. The van der Waals surface area contributed by atoms with Crippen LogP contribution in [0.2, 0.25) is 0 Å². The minimum absolute atomic E-state index is 0.118. The molecule has 2 aromatic rings. The van der Waals surface area contributed by atoms with Crippen molar-refractivity contribution in [2.75, 3.05) is 31.6 Å². The first-order valence-electron chi connectivity index (χ1n) is 9.79. The van der Waals surface area contributed by atoms with Crippen LogP contribution in [0.25, 0.3) is 0 Å². The molecule has 4 rings (SSSR count). The molecule has 3 heterocycles. The van der Waals surface area contributed by atoms with Gasteiger partial charge in [0.25, 0.3) is 5.91 Å². The minimum Gasteiger partial charge on any atom is -0.441 e. The van der Waals surface area contributed by atoms with Crippen LogP contribution in [0.5, 0.6) is 0 Å². The van der Waals surface area contributed by atoms with Crippen LogP contribution in [0.3, 0.4) is 0 Å². The number of carbonyl (C=O) groups is 2. The van der Waals surface area contributed by atoms with Gasteiger partial charge in [0, 0.05) is 25.0 Å². The number of primary amides is 1. The maximum Gasteiger partial charge on any atom is 0.410 e. The Kier molecular flexibility index (Phi) is 5.73. The second-order valence-corrected chi connectivity index (χ2v) is 7.45. The van der Waals surface area contributed by atoms with Crippen molar-refractivity contribution in [2.45, 2.75) is 18.6 Å². The maximum atomic E-state index is 13.2. The van der Waals surface area contributed by atoms with Gasteiger partial charge in [0.2, 0.25) is 0 Å². The summed E-state index contributed by atoms with van der Waals surface area (Å²) in [6, 6.07) is 7.30. The minimum atomic E-state index is -0.707. The van der Waals surface area contributed by atoms with E-state index in [0.717, 1.165) is 0 Å². The Balaban J connectivity index is 1.56. The van der Waals surface area contributed by atoms with Crippen molar-refractivity contribution in [1.82, 2.24) is 14.7 Å². The number of hydrogen-bond donors (Lipinski definition) is 2. The number of nitrogens with zero attached hydrogens (tertiary/aromatic N) is 4. The summed E-state index contributed by atoms with van der Waals surface area (Å²) >= 11 is 0. The fourth-order valence-electron chi connectivity index (χ4n) is 3.52. The summed E-state index contributed by atoms with van der Waals surface area (Å²) in [6.07, 6.45) is 1.17. The van der Waals surface area contributed by atoms with E-state index in [-0.39, 0.29) is 24.0 Å². The molecule has 2 amide bonds. The molecule has 2 aliphatic heterocycles. The zero-order valence-corrected chi connectivity index (χ0v) is 16.5. The molecule has 0 spiro atoms. The molecule has 0 radical (unpaired) electrons. The molecule has 0 aliphatic carbocycles. The number of anilines is 2. The third-order valence-electron chi connectivity index (χ3n) is 5.33. The number of likely N-dealkylation sites (tertiary alicyclic amines) is 1. The number of nitrogens with one attached hydrogen (secondary N) is 1. The summed E-state index contributed by atoms with van der Waals surface area (Å²) in [5.74, 6) is -1.34. The van der Waals surface area contributed by atoms with Crippen LogP contribution in [0, 0.1) is 23.1 Å². The lowest BCUT2D eigenvalue weighted by atomic mass is 9.93. The Morgan fingerprint density at radius 3 is 2.68 bits per heavy atom. The highest BCUT2D eigenvalue weighted by Crippen LogP contribution is 2.30. The molecule has 10 nitrogen and oxygen atoms in total. The van der Waals surface area contributed by atoms with Crippen LogP contribution in [0.15, 0.2) is 30.5 Å². The molecular formula is C20H21FN6O4. The summed E-state index contributed by atoms with van der Waals surface area (Å²) < 4.78 is 25.0.